The number of unbranched alkanes of at least 4 members (excludes halogenated alkanes) is 2. The molecule has 0 unspecified atom stereocenters. The molecule has 2 aliphatic heterocycles. The van der Waals surface area contributed by atoms with Crippen LogP contribution in [0.15, 0.2) is 59.0 Å². The summed E-state index contributed by atoms with van der Waals surface area (Å²) >= 11 is 0. The summed E-state index contributed by atoms with van der Waals surface area (Å²) in [6.07, 6.45) is 1.72. The first-order valence-corrected chi connectivity index (χ1v) is 20.4. The molecule has 2 heterocycles. The van der Waals surface area contributed by atoms with E-state index in [2.05, 4.69) is 10.2 Å². The summed E-state index contributed by atoms with van der Waals surface area (Å²) in [5, 5.41) is 15.2. The fourth-order valence-corrected chi connectivity index (χ4v) is 7.30. The second-order valence-electron chi connectivity index (χ2n) is 13.4. The van der Waals surface area contributed by atoms with Gasteiger partial charge in [-0.25, -0.2) is 14.2 Å². The van der Waals surface area contributed by atoms with Gasteiger partial charge in [0.25, 0.3) is 27.8 Å². The molecule has 0 aromatic heterocycles. The van der Waals surface area contributed by atoms with E-state index in [0.717, 1.165) is 24.1 Å². The summed E-state index contributed by atoms with van der Waals surface area (Å²) in [6, 6.07) is 15.8. The minimum atomic E-state index is -4.11. The molecule has 0 bridgehead atoms. The normalized spacial score (nSPS) is 13.7. The van der Waals surface area contributed by atoms with Crippen LogP contribution in [0.4, 0.5) is 5.69 Å². The number of anilines is 1. The number of carboxylic acids is 1. The van der Waals surface area contributed by atoms with Gasteiger partial charge in [0.1, 0.15) is 24.4 Å². The van der Waals surface area contributed by atoms with Crippen molar-refractivity contribution in [2.75, 3.05) is 43.4 Å². The summed E-state index contributed by atoms with van der Waals surface area (Å²) in [5.74, 6) is -3.37. The van der Waals surface area contributed by atoms with E-state index in [0.29, 0.717) is 70.8 Å². The molecule has 1 aliphatic carbocycles. The predicted octanol–water partition coefficient (Wildman–Crippen LogP) is 4.72. The Balaban J connectivity index is 1.41. The number of carbonyl (C=O) groups is 5. The number of carbonyl (C=O) groups excluding carboxylic acids is 4. The van der Waals surface area contributed by atoms with E-state index in [4.69, 9.17) is 9.25 Å². The lowest BCUT2D eigenvalue weighted by atomic mass is 9.89. The smallest absolute Gasteiger partial charge is 0.336 e. The van der Waals surface area contributed by atoms with Crippen molar-refractivity contribution in [2.45, 2.75) is 65.7 Å². The molecule has 0 saturated carbocycles. The van der Waals surface area contributed by atoms with Gasteiger partial charge >= 0.3 is 11.9 Å². The average Bonchev–Trinajstić information content (AvgIpc) is 3.48. The van der Waals surface area contributed by atoms with Gasteiger partial charge in [-0.1, -0.05) is 12.5 Å². The van der Waals surface area contributed by atoms with Crippen molar-refractivity contribution in [3.8, 4) is 22.5 Å². The predicted molar refractivity (Wildman–Crippen MR) is 208 cm³/mol. The zero-order chi connectivity index (χ0) is 40.6. The zero-order valence-corrected chi connectivity index (χ0v) is 32.5. The van der Waals surface area contributed by atoms with Crippen LogP contribution in [0.2, 0.25) is 0 Å². The number of imide groups is 1. The number of carboxylic acid groups (broad SMARTS) is 1. The molecular formula is C40H47N4O11S+. The molecule has 0 spiro atoms. The van der Waals surface area contributed by atoms with Crippen LogP contribution < -0.4 is 20.1 Å². The van der Waals surface area contributed by atoms with Crippen molar-refractivity contribution in [3.05, 3.63) is 71.1 Å². The highest BCUT2D eigenvalue weighted by Crippen LogP contribution is 2.42. The van der Waals surface area contributed by atoms with Gasteiger partial charge in [-0.2, -0.15) is 8.42 Å². The largest absolute Gasteiger partial charge is 0.478 e. The van der Waals surface area contributed by atoms with Crippen LogP contribution in [0.1, 0.15) is 86.4 Å². The van der Waals surface area contributed by atoms with Crippen molar-refractivity contribution in [2.24, 2.45) is 0 Å². The summed E-state index contributed by atoms with van der Waals surface area (Å²) in [4.78, 5) is 68.4. The van der Waals surface area contributed by atoms with Crippen LogP contribution in [0.5, 0.6) is 0 Å². The molecule has 5 rings (SSSR count). The minimum absolute atomic E-state index is 0.00340. The lowest BCUT2D eigenvalue weighted by Crippen LogP contribution is -2.31. The Kier molecular flexibility index (Phi) is 13.6. The third-order valence-corrected chi connectivity index (χ3v) is 10.5. The van der Waals surface area contributed by atoms with Crippen LogP contribution in [0.25, 0.3) is 33.4 Å². The summed E-state index contributed by atoms with van der Waals surface area (Å²) < 4.78 is 40.4. The molecule has 3 aliphatic rings. The number of hydroxylamine groups is 2. The zero-order valence-electron chi connectivity index (χ0n) is 31.7. The second kappa shape index (κ2) is 18.3. The number of benzene rings is 3. The van der Waals surface area contributed by atoms with Crippen molar-refractivity contribution in [1.29, 1.82) is 0 Å². The Morgan fingerprint density at radius 1 is 0.911 bits per heavy atom. The van der Waals surface area contributed by atoms with E-state index in [-0.39, 0.29) is 49.1 Å². The van der Waals surface area contributed by atoms with Crippen LogP contribution in [-0.4, -0.2) is 91.3 Å². The van der Waals surface area contributed by atoms with Crippen molar-refractivity contribution < 1.29 is 51.3 Å². The maximum Gasteiger partial charge on any atom is 0.336 e. The molecule has 1 saturated heterocycles. The van der Waals surface area contributed by atoms with Crippen molar-refractivity contribution in [3.63, 3.8) is 0 Å². The van der Waals surface area contributed by atoms with Gasteiger partial charge in [-0.15, -0.1) is 5.06 Å². The minimum Gasteiger partial charge on any atom is -0.478 e. The Hall–Kier alpha value is -5.61. The molecule has 2 aromatic carbocycles. The molecule has 16 heteroatoms. The molecule has 15 nitrogen and oxygen atoms in total. The topological polar surface area (TPSA) is 204 Å². The van der Waals surface area contributed by atoms with Gasteiger partial charge in [0.05, 0.1) is 17.4 Å². The molecule has 3 N–H and O–H groups in total. The molecule has 56 heavy (non-hydrogen) atoms. The molecular weight excluding hydrogens is 745 g/mol. The monoisotopic (exact) mass is 791 g/mol. The quantitative estimate of drug-likeness (QED) is 0.0412. The van der Waals surface area contributed by atoms with E-state index in [1.807, 2.05) is 61.7 Å². The third-order valence-electron chi connectivity index (χ3n) is 9.72. The lowest BCUT2D eigenvalue weighted by Gasteiger charge is -2.22. The standard InChI is InChI=1S/C40H46N4O11S/c1-4-42(5-2)27-13-16-30-33(24-27)54-34-25-28(43(6-3)21-10-22-56(51,52)53)14-17-31(34)38(30)29-15-12-26(23-32(29)40(49)50)39(48)41-20-9-7-8-11-37(47)55-44-35(45)18-19-36(44)46/h12-17,23-25H,4-11,18-22H2,1-3H3,(H2-,41,48,49,50,51,52,53)/p+1. The van der Waals surface area contributed by atoms with Gasteiger partial charge in [-0.05, 0) is 69.5 Å². The van der Waals surface area contributed by atoms with Gasteiger partial charge < -0.3 is 24.6 Å². The number of fused-ring (bicyclic) bond motifs is 2. The number of aromatic carboxylic acids is 1. The van der Waals surface area contributed by atoms with Crippen LogP contribution >= 0.6 is 0 Å². The first-order valence-electron chi connectivity index (χ1n) is 18.8. The summed E-state index contributed by atoms with van der Waals surface area (Å²) in [6.45, 7) is 8.72. The Morgan fingerprint density at radius 3 is 2.29 bits per heavy atom. The number of nitrogens with zero attached hydrogens (tertiary/aromatic N) is 3. The van der Waals surface area contributed by atoms with Gasteiger partial charge in [0.15, 0.2) is 0 Å². The van der Waals surface area contributed by atoms with E-state index < -0.39 is 39.8 Å². The third kappa shape index (κ3) is 9.97. The fraction of sp³-hybridized carbons (Fsp3) is 0.400. The summed E-state index contributed by atoms with van der Waals surface area (Å²) in [7, 11) is -4.11. The first kappa shape index (κ1) is 41.6. The fourth-order valence-electron chi connectivity index (χ4n) is 6.81. The Bertz CT molecular complexity index is 2280. The molecule has 0 atom stereocenters. The highest BCUT2D eigenvalue weighted by atomic mass is 32.2. The summed E-state index contributed by atoms with van der Waals surface area (Å²) in [5.41, 5.74) is 3.13. The number of hydrogen-bond donors (Lipinski definition) is 3. The maximum atomic E-state index is 13.2. The molecule has 298 valence electrons. The van der Waals surface area contributed by atoms with E-state index in [9.17, 15) is 42.0 Å². The van der Waals surface area contributed by atoms with Gasteiger partial charge in [0.2, 0.25) is 5.36 Å². The Labute approximate surface area is 324 Å². The highest BCUT2D eigenvalue weighted by Gasteiger charge is 2.32. The number of hydrogen-bond acceptors (Lipinski definition) is 10. The van der Waals surface area contributed by atoms with Crippen molar-refractivity contribution in [1.82, 2.24) is 15.0 Å². The van der Waals surface area contributed by atoms with Crippen LogP contribution in [-0.2, 0) is 29.3 Å². The molecule has 3 amide bonds. The second-order valence-corrected chi connectivity index (χ2v) is 15.0. The SMILES string of the molecule is CCN(CC)c1ccc2c(-c3ccc(C(=O)NCCCCCC(=O)ON4C(=O)CCC4=O)cc3C(=O)O)c3ccc(=[N+](CC)CCCS(=O)(=O)O)cc-3oc2c1. The molecule has 2 aromatic rings. The average molecular weight is 792 g/mol. The number of amides is 3. The first-order chi connectivity index (χ1) is 26.7. The highest BCUT2D eigenvalue weighted by molar-refractivity contribution is 7.85. The number of nitrogens with one attached hydrogen (secondary N) is 1. The number of rotatable bonds is 18. The van der Waals surface area contributed by atoms with E-state index >= 15 is 0 Å². The lowest BCUT2D eigenvalue weighted by molar-refractivity contribution is -0.197. The van der Waals surface area contributed by atoms with Crippen molar-refractivity contribution >= 4 is 56.4 Å². The van der Waals surface area contributed by atoms with Gasteiger partial charge in [0, 0.05) is 85.2 Å². The van der Waals surface area contributed by atoms with Gasteiger partial charge in [-0.3, -0.25) is 18.9 Å². The molecule has 0 radical (unpaired) electrons. The van der Waals surface area contributed by atoms with Crippen LogP contribution in [0.3, 0.4) is 0 Å². The van der Waals surface area contributed by atoms with Crippen LogP contribution in [0, 0.1) is 0 Å². The van der Waals surface area contributed by atoms with E-state index in [1.165, 1.54) is 6.07 Å². The van der Waals surface area contributed by atoms with E-state index in [1.54, 1.807) is 12.1 Å². The molecule has 1 fully saturated rings. The Morgan fingerprint density at radius 2 is 1.62 bits per heavy atom. The maximum absolute atomic E-state index is 13.2.